The van der Waals surface area contributed by atoms with Crippen molar-refractivity contribution in [1.82, 2.24) is 20.9 Å². The van der Waals surface area contributed by atoms with E-state index in [1.165, 1.54) is 25.9 Å². The third-order valence-corrected chi connectivity index (χ3v) is 9.03. The average molecular weight is 763 g/mol. The van der Waals surface area contributed by atoms with Crippen LogP contribution in [0.4, 0.5) is 0 Å². The van der Waals surface area contributed by atoms with Gasteiger partial charge < -0.3 is 47.5 Å². The number of amides is 4. The predicted octanol–water partition coefficient (Wildman–Crippen LogP) is 2.58. The number of aryl methyl sites for hydroxylation is 1. The summed E-state index contributed by atoms with van der Waals surface area (Å²) >= 11 is 0. The fourth-order valence-electron chi connectivity index (χ4n) is 6.09. The van der Waals surface area contributed by atoms with Gasteiger partial charge in [-0.05, 0) is 79.5 Å². The summed E-state index contributed by atoms with van der Waals surface area (Å²) in [5.41, 5.74) is 21.7. The van der Waals surface area contributed by atoms with E-state index in [2.05, 4.69) is 27.8 Å². The quantitative estimate of drug-likeness (QED) is 0.131. The molecule has 294 valence electrons. The van der Waals surface area contributed by atoms with Gasteiger partial charge in [-0.25, -0.2) is 0 Å². The topological polar surface area (TPSA) is 228 Å². The van der Waals surface area contributed by atoms with Crippen LogP contribution < -0.4 is 42.6 Å². The molecule has 0 aromatic heterocycles. The van der Waals surface area contributed by atoms with Crippen LogP contribution in [-0.2, 0) is 20.8 Å². The number of benzene rings is 4. The zero-order chi connectivity index (χ0) is 40.8. The Morgan fingerprint density at radius 2 is 1.41 bits per heavy atom. The Morgan fingerprint density at radius 1 is 0.839 bits per heavy atom. The fourth-order valence-corrected chi connectivity index (χ4v) is 6.09. The van der Waals surface area contributed by atoms with Crippen molar-refractivity contribution < 1.29 is 28.7 Å². The van der Waals surface area contributed by atoms with Crippen molar-refractivity contribution >= 4 is 23.6 Å². The zero-order valence-electron chi connectivity index (χ0n) is 32.1. The van der Waals surface area contributed by atoms with E-state index in [0.717, 1.165) is 22.3 Å². The number of rotatable bonds is 11. The number of fused-ring (bicyclic) bond motifs is 5. The SMILES string of the molecule is CN.Cc1ccc(-c2ccc(C(=O)NCC(=O)N(C)C3C(=O)N[C@@H](C)C(=O)NC(C#N)Cc4ccc(OCCN)c(c4)-c4cc3ccc4OCCN)cc2)cc1. The minimum atomic E-state index is -1.26. The average Bonchev–Trinajstić information content (AvgIpc) is 3.22. The zero-order valence-corrected chi connectivity index (χ0v) is 32.1. The molecular formula is C42H50N8O6. The van der Waals surface area contributed by atoms with Gasteiger partial charge in [-0.1, -0.05) is 54.1 Å². The van der Waals surface area contributed by atoms with Crippen LogP contribution >= 0.6 is 0 Å². The maximum Gasteiger partial charge on any atom is 0.251 e. The molecule has 1 aliphatic heterocycles. The number of carbonyl (C=O) groups is 4. The van der Waals surface area contributed by atoms with Crippen molar-refractivity contribution in [2.45, 2.75) is 38.4 Å². The number of nitriles is 1. The van der Waals surface area contributed by atoms with Gasteiger partial charge >= 0.3 is 0 Å². The highest BCUT2D eigenvalue weighted by atomic mass is 16.5. The lowest BCUT2D eigenvalue weighted by atomic mass is 9.94. The highest BCUT2D eigenvalue weighted by Crippen LogP contribution is 2.40. The summed E-state index contributed by atoms with van der Waals surface area (Å²) in [4.78, 5) is 55.4. The molecule has 2 unspecified atom stereocenters. The molecule has 4 bridgehead atoms. The Balaban J connectivity index is 0.00000342. The molecule has 1 aliphatic rings. The molecule has 5 rings (SSSR count). The third kappa shape index (κ3) is 10.7. The largest absolute Gasteiger partial charge is 0.492 e. The molecule has 3 atom stereocenters. The highest BCUT2D eigenvalue weighted by molar-refractivity contribution is 5.98. The number of ether oxygens (including phenoxy) is 2. The van der Waals surface area contributed by atoms with Crippen LogP contribution in [0.25, 0.3) is 22.3 Å². The maximum atomic E-state index is 14.1. The molecular weight excluding hydrogens is 713 g/mol. The molecule has 4 aromatic carbocycles. The van der Waals surface area contributed by atoms with E-state index in [9.17, 15) is 24.4 Å². The number of nitrogens with two attached hydrogens (primary N) is 3. The molecule has 1 heterocycles. The van der Waals surface area contributed by atoms with Crippen LogP contribution in [0.1, 0.15) is 40.0 Å². The van der Waals surface area contributed by atoms with E-state index >= 15 is 0 Å². The first-order valence-corrected chi connectivity index (χ1v) is 18.2. The van der Waals surface area contributed by atoms with Gasteiger partial charge in [-0.3, -0.25) is 19.2 Å². The minimum Gasteiger partial charge on any atom is -0.492 e. The first-order chi connectivity index (χ1) is 27.0. The summed E-state index contributed by atoms with van der Waals surface area (Å²) < 4.78 is 12.0. The summed E-state index contributed by atoms with van der Waals surface area (Å²) in [6.45, 7) is 3.99. The van der Waals surface area contributed by atoms with E-state index in [1.54, 1.807) is 42.5 Å². The molecule has 0 aliphatic carbocycles. The molecule has 14 heteroatoms. The van der Waals surface area contributed by atoms with E-state index in [4.69, 9.17) is 20.9 Å². The lowest BCUT2D eigenvalue weighted by Gasteiger charge is -2.30. The number of hydrogen-bond acceptors (Lipinski definition) is 10. The molecule has 56 heavy (non-hydrogen) atoms. The van der Waals surface area contributed by atoms with Crippen molar-refractivity contribution in [3.8, 4) is 39.8 Å². The van der Waals surface area contributed by atoms with Crippen molar-refractivity contribution in [2.24, 2.45) is 17.2 Å². The second-order valence-corrected chi connectivity index (χ2v) is 13.0. The van der Waals surface area contributed by atoms with Gasteiger partial charge in [-0.2, -0.15) is 5.26 Å². The van der Waals surface area contributed by atoms with Crippen molar-refractivity contribution in [3.63, 3.8) is 0 Å². The lowest BCUT2D eigenvalue weighted by molar-refractivity contribution is -0.139. The Morgan fingerprint density at radius 3 is 2.00 bits per heavy atom. The Bertz CT molecular complexity index is 2030. The third-order valence-electron chi connectivity index (χ3n) is 9.03. The minimum absolute atomic E-state index is 0.175. The summed E-state index contributed by atoms with van der Waals surface area (Å²) in [6, 6.07) is 24.4. The molecule has 14 nitrogen and oxygen atoms in total. The molecule has 4 amide bonds. The van der Waals surface area contributed by atoms with Crippen LogP contribution in [0.3, 0.4) is 0 Å². The van der Waals surface area contributed by atoms with Crippen LogP contribution in [-0.4, -0.2) is 87.6 Å². The number of nitrogens with one attached hydrogen (secondary N) is 3. The molecule has 0 saturated heterocycles. The smallest absolute Gasteiger partial charge is 0.251 e. The maximum absolute atomic E-state index is 14.1. The van der Waals surface area contributed by atoms with E-state index in [1.807, 2.05) is 49.4 Å². The number of likely N-dealkylation sites (N-methyl/N-ethyl adjacent to an activating group) is 1. The van der Waals surface area contributed by atoms with Crippen LogP contribution in [0, 0.1) is 18.3 Å². The molecule has 0 radical (unpaired) electrons. The molecule has 4 aromatic rings. The highest BCUT2D eigenvalue weighted by Gasteiger charge is 2.32. The summed E-state index contributed by atoms with van der Waals surface area (Å²) in [6.07, 6.45) is 0.175. The first kappa shape index (κ1) is 42.5. The normalized spacial score (nSPS) is 16.4. The fraction of sp³-hybridized carbons (Fsp3) is 0.310. The van der Waals surface area contributed by atoms with Crippen LogP contribution in [0.15, 0.2) is 84.9 Å². The van der Waals surface area contributed by atoms with E-state index < -0.39 is 48.3 Å². The van der Waals surface area contributed by atoms with Gasteiger partial charge in [0.05, 0.1) is 12.6 Å². The first-order valence-electron chi connectivity index (χ1n) is 18.2. The second-order valence-electron chi connectivity index (χ2n) is 13.0. The Labute approximate surface area is 327 Å². The van der Waals surface area contributed by atoms with Gasteiger partial charge in [0.25, 0.3) is 5.91 Å². The van der Waals surface area contributed by atoms with E-state index in [0.29, 0.717) is 33.8 Å². The number of nitrogens with zero attached hydrogens (tertiary/aromatic N) is 2. The van der Waals surface area contributed by atoms with E-state index in [-0.39, 0.29) is 32.7 Å². The number of hydrogen-bond donors (Lipinski definition) is 6. The van der Waals surface area contributed by atoms with Gasteiger partial charge in [0, 0.05) is 43.2 Å². The molecule has 0 fully saturated rings. The van der Waals surface area contributed by atoms with Crippen LogP contribution in [0.2, 0.25) is 0 Å². The van der Waals surface area contributed by atoms with Crippen molar-refractivity contribution in [3.05, 3.63) is 107 Å². The lowest BCUT2D eigenvalue weighted by Crippen LogP contribution is -2.52. The summed E-state index contributed by atoms with van der Waals surface area (Å²) in [7, 11) is 2.95. The Hall–Kier alpha value is -6.27. The standard InChI is InChI=1S/C41H45N7O6.CH5N/c1-25-4-7-28(8-5-25)29-9-11-30(12-10-29)40(51)45-24-37(49)48(3)38-31-13-15-36(54-19-17-43)34(22-31)33-21-27(6-14-35(33)53-18-16-42)20-32(23-44)47-39(50)26(2)46-41(38)52;1-2/h4-15,21-22,26,32,38H,16-20,24,42-43H2,1-3H3,(H,45,51)(H,46,52)(H,47,50);2H2,1H3/t26-,32?,38?;/m0./s1. The van der Waals surface area contributed by atoms with Gasteiger partial charge in [0.1, 0.15) is 42.8 Å². The van der Waals surface area contributed by atoms with Gasteiger partial charge in [0.2, 0.25) is 17.7 Å². The number of carbonyl (C=O) groups excluding carboxylic acids is 4. The monoisotopic (exact) mass is 762 g/mol. The Kier molecular flexibility index (Phi) is 15.5. The van der Waals surface area contributed by atoms with Crippen LogP contribution in [0.5, 0.6) is 11.5 Å². The summed E-state index contributed by atoms with van der Waals surface area (Å²) in [5, 5.41) is 18.0. The van der Waals surface area contributed by atoms with Gasteiger partial charge in [0.15, 0.2) is 0 Å². The predicted molar refractivity (Wildman–Crippen MR) is 214 cm³/mol. The summed E-state index contributed by atoms with van der Waals surface area (Å²) in [5.74, 6) is -1.35. The molecule has 0 saturated carbocycles. The van der Waals surface area contributed by atoms with Crippen molar-refractivity contribution in [2.75, 3.05) is 46.9 Å². The molecule has 0 spiro atoms. The van der Waals surface area contributed by atoms with Gasteiger partial charge in [-0.15, -0.1) is 0 Å². The molecule has 9 N–H and O–H groups in total. The van der Waals surface area contributed by atoms with Crippen molar-refractivity contribution in [1.29, 1.82) is 5.26 Å². The second kappa shape index (κ2) is 20.4.